The molecule has 0 saturated carbocycles. The summed E-state index contributed by atoms with van der Waals surface area (Å²) in [5.41, 5.74) is 0.700. The first-order valence-corrected chi connectivity index (χ1v) is 6.29. The molecule has 86 valence electrons. The molecule has 1 amide bonds. The van der Waals surface area contributed by atoms with Crippen molar-refractivity contribution in [1.29, 1.82) is 0 Å². The number of aliphatic hydroxyl groups excluding tert-OH is 1. The van der Waals surface area contributed by atoms with E-state index in [1.807, 2.05) is 0 Å². The highest BCUT2D eigenvalue weighted by Crippen LogP contribution is 2.26. The summed E-state index contributed by atoms with van der Waals surface area (Å²) in [7, 11) is 0. The average Bonchev–Trinajstić information content (AvgIpc) is 2.70. The van der Waals surface area contributed by atoms with E-state index in [1.54, 1.807) is 23.2 Å². The first-order chi connectivity index (χ1) is 7.76. The molecule has 0 aromatic carbocycles. The Morgan fingerprint density at radius 3 is 3.06 bits per heavy atom. The largest absolute Gasteiger partial charge is 0.392 e. The molecule has 1 aliphatic heterocycles. The van der Waals surface area contributed by atoms with Crippen LogP contribution in [0.5, 0.6) is 0 Å². The summed E-state index contributed by atoms with van der Waals surface area (Å²) in [6.07, 6.45) is 2.19. The summed E-state index contributed by atoms with van der Waals surface area (Å²) < 4.78 is 0. The number of anilines is 1. The number of nitrogens with zero attached hydrogens (tertiary/aromatic N) is 2. The van der Waals surface area contributed by atoms with E-state index in [9.17, 15) is 9.90 Å². The molecule has 0 aliphatic carbocycles. The lowest BCUT2D eigenvalue weighted by Crippen LogP contribution is -2.26. The Kier molecular flexibility index (Phi) is 3.56. The van der Waals surface area contributed by atoms with Gasteiger partial charge in [-0.05, 0) is 12.0 Å². The molecule has 1 aromatic rings. The van der Waals surface area contributed by atoms with Gasteiger partial charge in [0.25, 0.3) is 0 Å². The number of alkyl halides is 1. The maximum atomic E-state index is 11.8. The Bertz CT molecular complexity index is 397. The molecule has 2 rings (SSSR count). The molecule has 1 aromatic heterocycles. The second-order valence-corrected chi connectivity index (χ2v) is 4.52. The van der Waals surface area contributed by atoms with Gasteiger partial charge in [0.2, 0.25) is 5.91 Å². The van der Waals surface area contributed by atoms with Gasteiger partial charge >= 0.3 is 0 Å². The summed E-state index contributed by atoms with van der Waals surface area (Å²) in [5, 5.41) is 10.0. The van der Waals surface area contributed by atoms with E-state index in [-0.39, 0.29) is 12.5 Å². The van der Waals surface area contributed by atoms with Crippen LogP contribution in [0, 0.1) is 5.92 Å². The molecule has 2 heterocycles. The quantitative estimate of drug-likeness (QED) is 0.852. The van der Waals surface area contributed by atoms with E-state index >= 15 is 0 Å². The van der Waals surface area contributed by atoms with E-state index in [0.717, 1.165) is 5.33 Å². The summed E-state index contributed by atoms with van der Waals surface area (Å²) in [5.74, 6) is 1.01. The van der Waals surface area contributed by atoms with Gasteiger partial charge in [0.05, 0.1) is 6.61 Å². The standard InChI is InChI=1S/C11H13BrN2O2/c12-5-8-4-10(16)14(6-8)11-9(7-15)2-1-3-13-11/h1-3,8,15H,4-7H2. The summed E-state index contributed by atoms with van der Waals surface area (Å²) in [6, 6.07) is 3.55. The highest BCUT2D eigenvalue weighted by Gasteiger charge is 2.31. The van der Waals surface area contributed by atoms with Crippen LogP contribution in [0.1, 0.15) is 12.0 Å². The first-order valence-electron chi connectivity index (χ1n) is 5.17. The Morgan fingerprint density at radius 2 is 2.44 bits per heavy atom. The third kappa shape index (κ3) is 2.10. The Balaban J connectivity index is 2.27. The minimum Gasteiger partial charge on any atom is -0.392 e. The molecule has 1 fully saturated rings. The predicted octanol–water partition coefficient (Wildman–Crippen LogP) is 1.32. The van der Waals surface area contributed by atoms with Crippen molar-refractivity contribution in [2.75, 3.05) is 16.8 Å². The monoisotopic (exact) mass is 284 g/mol. The van der Waals surface area contributed by atoms with Crippen LogP contribution in [0.2, 0.25) is 0 Å². The highest BCUT2D eigenvalue weighted by atomic mass is 79.9. The van der Waals surface area contributed by atoms with Gasteiger partial charge in [0, 0.05) is 30.1 Å². The van der Waals surface area contributed by atoms with E-state index < -0.39 is 0 Å². The van der Waals surface area contributed by atoms with E-state index in [4.69, 9.17) is 0 Å². The van der Waals surface area contributed by atoms with Crippen LogP contribution < -0.4 is 4.90 Å². The minimum atomic E-state index is -0.0913. The SMILES string of the molecule is O=C1CC(CBr)CN1c1ncccc1CO. The number of rotatable bonds is 3. The van der Waals surface area contributed by atoms with Gasteiger partial charge in [0.15, 0.2) is 0 Å². The molecule has 16 heavy (non-hydrogen) atoms. The Labute approximate surface area is 102 Å². The van der Waals surface area contributed by atoms with Gasteiger partial charge in [-0.25, -0.2) is 4.98 Å². The Hall–Kier alpha value is -0.940. The molecule has 1 unspecified atom stereocenters. The molecule has 0 bridgehead atoms. The number of pyridine rings is 1. The zero-order valence-electron chi connectivity index (χ0n) is 8.77. The summed E-state index contributed by atoms with van der Waals surface area (Å²) in [6.45, 7) is 0.583. The van der Waals surface area contributed by atoms with Crippen molar-refractivity contribution in [2.24, 2.45) is 5.92 Å². The van der Waals surface area contributed by atoms with Gasteiger partial charge in [-0.3, -0.25) is 9.69 Å². The molecule has 1 atom stereocenters. The maximum Gasteiger partial charge on any atom is 0.228 e. The topological polar surface area (TPSA) is 53.4 Å². The summed E-state index contributed by atoms with van der Waals surface area (Å²) >= 11 is 3.39. The van der Waals surface area contributed by atoms with Crippen LogP contribution in [0.15, 0.2) is 18.3 Å². The number of aromatic nitrogens is 1. The van der Waals surface area contributed by atoms with Crippen molar-refractivity contribution in [1.82, 2.24) is 4.98 Å². The van der Waals surface area contributed by atoms with Gasteiger partial charge in [-0.2, -0.15) is 0 Å². The zero-order chi connectivity index (χ0) is 11.5. The van der Waals surface area contributed by atoms with E-state index in [1.165, 1.54) is 0 Å². The lowest BCUT2D eigenvalue weighted by molar-refractivity contribution is -0.117. The molecule has 1 N–H and O–H groups in total. The van der Waals surface area contributed by atoms with Crippen molar-refractivity contribution >= 4 is 27.7 Å². The van der Waals surface area contributed by atoms with Crippen LogP contribution in [-0.4, -0.2) is 27.9 Å². The lowest BCUT2D eigenvalue weighted by Gasteiger charge is -2.17. The van der Waals surface area contributed by atoms with Crippen molar-refractivity contribution in [3.63, 3.8) is 0 Å². The van der Waals surface area contributed by atoms with Crippen LogP contribution in [0.4, 0.5) is 5.82 Å². The fourth-order valence-corrected chi connectivity index (χ4v) is 2.32. The normalized spacial score (nSPS) is 20.5. The fourth-order valence-electron chi connectivity index (χ4n) is 1.89. The molecule has 1 saturated heterocycles. The van der Waals surface area contributed by atoms with Crippen molar-refractivity contribution < 1.29 is 9.90 Å². The van der Waals surface area contributed by atoms with Gasteiger partial charge in [0.1, 0.15) is 5.82 Å². The van der Waals surface area contributed by atoms with Crippen molar-refractivity contribution in [2.45, 2.75) is 13.0 Å². The smallest absolute Gasteiger partial charge is 0.228 e. The van der Waals surface area contributed by atoms with Crippen LogP contribution >= 0.6 is 15.9 Å². The van der Waals surface area contributed by atoms with Crippen LogP contribution in [0.25, 0.3) is 0 Å². The second-order valence-electron chi connectivity index (χ2n) is 3.87. The average molecular weight is 285 g/mol. The third-order valence-corrected chi connectivity index (χ3v) is 3.63. The van der Waals surface area contributed by atoms with Gasteiger partial charge in [-0.1, -0.05) is 22.0 Å². The number of halogens is 1. The molecule has 0 radical (unpaired) electrons. The van der Waals surface area contributed by atoms with Gasteiger partial charge < -0.3 is 5.11 Å². The summed E-state index contributed by atoms with van der Waals surface area (Å²) in [4.78, 5) is 17.6. The molecular weight excluding hydrogens is 272 g/mol. The highest BCUT2D eigenvalue weighted by molar-refractivity contribution is 9.09. The molecule has 5 heteroatoms. The number of hydrogen-bond acceptors (Lipinski definition) is 3. The number of amides is 1. The number of carbonyl (C=O) groups is 1. The number of aliphatic hydroxyl groups is 1. The predicted molar refractivity (Wildman–Crippen MR) is 64.4 cm³/mol. The molecule has 1 aliphatic rings. The number of hydrogen-bond donors (Lipinski definition) is 1. The van der Waals surface area contributed by atoms with Crippen molar-refractivity contribution in [3.05, 3.63) is 23.9 Å². The van der Waals surface area contributed by atoms with Crippen LogP contribution in [0.3, 0.4) is 0 Å². The fraction of sp³-hybridized carbons (Fsp3) is 0.455. The van der Waals surface area contributed by atoms with E-state index in [2.05, 4.69) is 20.9 Å². The maximum absolute atomic E-state index is 11.8. The Morgan fingerprint density at radius 1 is 1.62 bits per heavy atom. The third-order valence-electron chi connectivity index (χ3n) is 2.72. The van der Waals surface area contributed by atoms with Gasteiger partial charge in [-0.15, -0.1) is 0 Å². The molecule has 0 spiro atoms. The lowest BCUT2D eigenvalue weighted by atomic mass is 10.2. The molecule has 4 nitrogen and oxygen atoms in total. The first kappa shape index (κ1) is 11.5. The zero-order valence-corrected chi connectivity index (χ0v) is 10.4. The van der Waals surface area contributed by atoms with Crippen LogP contribution in [-0.2, 0) is 11.4 Å². The molecular formula is C11H13BrN2O2. The minimum absolute atomic E-state index is 0.0813. The van der Waals surface area contributed by atoms with E-state index in [0.29, 0.717) is 30.3 Å². The number of carbonyl (C=O) groups excluding carboxylic acids is 1. The second kappa shape index (κ2) is 4.93. The van der Waals surface area contributed by atoms with Crippen molar-refractivity contribution in [3.8, 4) is 0 Å².